The summed E-state index contributed by atoms with van der Waals surface area (Å²) in [5.41, 5.74) is 3.17. The van der Waals surface area contributed by atoms with Crippen molar-refractivity contribution in [2.24, 2.45) is 7.05 Å². The molecule has 1 aromatic heterocycles. The summed E-state index contributed by atoms with van der Waals surface area (Å²) in [5, 5.41) is 4.15. The molecule has 0 saturated carbocycles. The lowest BCUT2D eigenvalue weighted by Gasteiger charge is -2.30. The number of nitrogens with zero attached hydrogens (tertiary/aromatic N) is 4. The Morgan fingerprint density at radius 2 is 2.08 bits per heavy atom. The first-order valence-electron chi connectivity index (χ1n) is 8.64. The topological polar surface area (TPSA) is 58.4 Å². The van der Waals surface area contributed by atoms with Gasteiger partial charge < -0.3 is 9.80 Å². The minimum absolute atomic E-state index is 0.0239. The summed E-state index contributed by atoms with van der Waals surface area (Å²) >= 11 is 0. The molecule has 2 heterocycles. The van der Waals surface area contributed by atoms with Crippen LogP contribution in [0.5, 0.6) is 0 Å². The molecule has 0 N–H and O–H groups in total. The van der Waals surface area contributed by atoms with Crippen molar-refractivity contribution in [1.29, 1.82) is 0 Å². The number of benzene rings is 1. The maximum atomic E-state index is 12.5. The number of amides is 2. The third-order valence-electron chi connectivity index (χ3n) is 4.63. The summed E-state index contributed by atoms with van der Waals surface area (Å²) in [6.45, 7) is 0.774. The second kappa shape index (κ2) is 7.51. The van der Waals surface area contributed by atoms with Crippen molar-refractivity contribution in [3.63, 3.8) is 0 Å². The Balaban J connectivity index is 1.55. The van der Waals surface area contributed by atoms with Crippen molar-refractivity contribution >= 4 is 17.5 Å². The van der Waals surface area contributed by atoms with E-state index >= 15 is 0 Å². The van der Waals surface area contributed by atoms with E-state index in [0.29, 0.717) is 13.0 Å². The van der Waals surface area contributed by atoms with E-state index in [-0.39, 0.29) is 18.4 Å². The molecule has 6 nitrogen and oxygen atoms in total. The van der Waals surface area contributed by atoms with Crippen LogP contribution >= 0.6 is 0 Å². The smallest absolute Gasteiger partial charge is 0.242 e. The van der Waals surface area contributed by atoms with Crippen molar-refractivity contribution in [2.45, 2.75) is 25.7 Å². The fourth-order valence-electron chi connectivity index (χ4n) is 3.17. The van der Waals surface area contributed by atoms with Crippen LogP contribution in [0.2, 0.25) is 0 Å². The SMILES string of the molecule is CN(CCCc1cnn(C)c1)C(=O)CN1C(=O)CCc2ccccc21. The molecule has 0 fully saturated rings. The van der Waals surface area contributed by atoms with Crippen LogP contribution in [0, 0.1) is 0 Å². The van der Waals surface area contributed by atoms with Crippen LogP contribution in [-0.4, -0.2) is 46.6 Å². The summed E-state index contributed by atoms with van der Waals surface area (Å²) < 4.78 is 1.78. The minimum Gasteiger partial charge on any atom is -0.344 e. The molecule has 0 atom stereocenters. The number of hydrogen-bond acceptors (Lipinski definition) is 3. The molecule has 3 rings (SSSR count). The molecule has 2 amide bonds. The van der Waals surface area contributed by atoms with E-state index in [1.807, 2.05) is 43.7 Å². The van der Waals surface area contributed by atoms with Crippen molar-refractivity contribution in [3.8, 4) is 0 Å². The van der Waals surface area contributed by atoms with Gasteiger partial charge in [0.15, 0.2) is 0 Å². The number of carbonyl (C=O) groups excluding carboxylic acids is 2. The molecule has 6 heteroatoms. The predicted octanol–water partition coefficient (Wildman–Crippen LogP) is 1.79. The zero-order valence-electron chi connectivity index (χ0n) is 14.8. The van der Waals surface area contributed by atoms with Crippen molar-refractivity contribution in [3.05, 3.63) is 47.8 Å². The van der Waals surface area contributed by atoms with E-state index in [4.69, 9.17) is 0 Å². The average molecular weight is 340 g/mol. The van der Waals surface area contributed by atoms with E-state index < -0.39 is 0 Å². The highest BCUT2D eigenvalue weighted by molar-refractivity contribution is 6.00. The van der Waals surface area contributed by atoms with E-state index in [1.165, 1.54) is 5.56 Å². The van der Waals surface area contributed by atoms with Gasteiger partial charge in [0.25, 0.3) is 0 Å². The highest BCUT2D eigenvalue weighted by atomic mass is 16.2. The van der Waals surface area contributed by atoms with Gasteiger partial charge in [-0.3, -0.25) is 14.3 Å². The molecule has 0 unspecified atom stereocenters. The third-order valence-corrected chi connectivity index (χ3v) is 4.63. The molecule has 25 heavy (non-hydrogen) atoms. The molecular weight excluding hydrogens is 316 g/mol. The first-order chi connectivity index (χ1) is 12.0. The van der Waals surface area contributed by atoms with Crippen molar-refractivity contribution < 1.29 is 9.59 Å². The second-order valence-electron chi connectivity index (χ2n) is 6.55. The number of aryl methyl sites for hydroxylation is 3. The molecule has 0 spiro atoms. The van der Waals surface area contributed by atoms with Gasteiger partial charge in [0.1, 0.15) is 6.54 Å². The molecule has 132 valence electrons. The van der Waals surface area contributed by atoms with Crippen LogP contribution in [0.1, 0.15) is 24.0 Å². The zero-order valence-corrected chi connectivity index (χ0v) is 14.8. The van der Waals surface area contributed by atoms with E-state index in [0.717, 1.165) is 30.5 Å². The largest absolute Gasteiger partial charge is 0.344 e. The fraction of sp³-hybridized carbons (Fsp3) is 0.421. The van der Waals surface area contributed by atoms with Gasteiger partial charge in [-0.25, -0.2) is 0 Å². The summed E-state index contributed by atoms with van der Waals surface area (Å²) in [4.78, 5) is 28.1. The number of para-hydroxylation sites is 1. The average Bonchev–Trinajstić information content (AvgIpc) is 3.02. The van der Waals surface area contributed by atoms with Crippen molar-refractivity contribution in [1.82, 2.24) is 14.7 Å². The highest BCUT2D eigenvalue weighted by Gasteiger charge is 2.26. The van der Waals surface area contributed by atoms with Gasteiger partial charge in [0, 0.05) is 38.9 Å². The van der Waals surface area contributed by atoms with Gasteiger partial charge in [-0.1, -0.05) is 18.2 Å². The molecule has 0 saturated heterocycles. The Hall–Kier alpha value is -2.63. The lowest BCUT2D eigenvalue weighted by atomic mass is 10.0. The van der Waals surface area contributed by atoms with Gasteiger partial charge in [0.2, 0.25) is 11.8 Å². The Kier molecular flexibility index (Phi) is 5.16. The monoisotopic (exact) mass is 340 g/mol. The number of likely N-dealkylation sites (N-methyl/N-ethyl adjacent to an activating group) is 1. The van der Waals surface area contributed by atoms with Crippen molar-refractivity contribution in [2.75, 3.05) is 25.0 Å². The van der Waals surface area contributed by atoms with Gasteiger partial charge in [-0.15, -0.1) is 0 Å². The first-order valence-corrected chi connectivity index (χ1v) is 8.64. The third kappa shape index (κ3) is 4.07. The van der Waals surface area contributed by atoms with E-state index in [2.05, 4.69) is 5.10 Å². The Morgan fingerprint density at radius 3 is 2.84 bits per heavy atom. The van der Waals surface area contributed by atoms with Crippen LogP contribution in [0.4, 0.5) is 5.69 Å². The number of fused-ring (bicyclic) bond motifs is 1. The number of rotatable bonds is 6. The minimum atomic E-state index is -0.0313. The van der Waals surface area contributed by atoms with Crippen LogP contribution in [0.15, 0.2) is 36.7 Å². The van der Waals surface area contributed by atoms with Gasteiger partial charge in [-0.05, 0) is 36.5 Å². The summed E-state index contributed by atoms with van der Waals surface area (Å²) in [5.74, 6) is -0.00736. The molecule has 0 aliphatic carbocycles. The fourth-order valence-corrected chi connectivity index (χ4v) is 3.17. The summed E-state index contributed by atoms with van der Waals surface area (Å²) in [6.07, 6.45) is 6.82. The number of anilines is 1. The Bertz CT molecular complexity index is 768. The summed E-state index contributed by atoms with van der Waals surface area (Å²) in [6, 6.07) is 7.82. The first kappa shape index (κ1) is 17.2. The normalized spacial score (nSPS) is 13.7. The molecule has 0 bridgehead atoms. The molecule has 1 aliphatic rings. The zero-order chi connectivity index (χ0) is 17.8. The Labute approximate surface area is 148 Å². The molecule has 0 radical (unpaired) electrons. The highest BCUT2D eigenvalue weighted by Crippen LogP contribution is 2.27. The van der Waals surface area contributed by atoms with Crippen LogP contribution in [0.3, 0.4) is 0 Å². The van der Waals surface area contributed by atoms with Crippen LogP contribution in [0.25, 0.3) is 0 Å². The number of carbonyl (C=O) groups is 2. The lowest BCUT2D eigenvalue weighted by Crippen LogP contribution is -2.43. The second-order valence-corrected chi connectivity index (χ2v) is 6.55. The summed E-state index contributed by atoms with van der Waals surface area (Å²) in [7, 11) is 3.69. The molecule has 2 aromatic rings. The maximum absolute atomic E-state index is 12.5. The number of aromatic nitrogens is 2. The maximum Gasteiger partial charge on any atom is 0.242 e. The molecule has 1 aromatic carbocycles. The van der Waals surface area contributed by atoms with E-state index in [1.54, 1.807) is 21.5 Å². The number of hydrogen-bond donors (Lipinski definition) is 0. The Morgan fingerprint density at radius 1 is 1.28 bits per heavy atom. The molecule has 1 aliphatic heterocycles. The van der Waals surface area contributed by atoms with Crippen LogP contribution in [-0.2, 0) is 29.5 Å². The lowest BCUT2D eigenvalue weighted by molar-refractivity contribution is -0.130. The van der Waals surface area contributed by atoms with Gasteiger partial charge >= 0.3 is 0 Å². The standard InChI is InChI=1S/C19H24N4O2/c1-21(11-5-6-15-12-20-22(2)13-15)19(25)14-23-17-8-4-3-7-16(17)9-10-18(23)24/h3-4,7-8,12-13H,5-6,9-11,14H2,1-2H3. The van der Waals surface area contributed by atoms with E-state index in [9.17, 15) is 9.59 Å². The van der Waals surface area contributed by atoms with Crippen LogP contribution < -0.4 is 4.90 Å². The quantitative estimate of drug-likeness (QED) is 0.805. The van der Waals surface area contributed by atoms with Gasteiger partial charge in [0.05, 0.1) is 6.20 Å². The predicted molar refractivity (Wildman–Crippen MR) is 96.3 cm³/mol. The van der Waals surface area contributed by atoms with Gasteiger partial charge in [-0.2, -0.15) is 5.10 Å². The molecular formula is C19H24N4O2.